The maximum Gasteiger partial charge on any atom is 0.246 e. The number of carbonyl (C=O) groups is 2. The minimum Gasteiger partial charge on any atom is -0.369 e. The van der Waals surface area contributed by atoms with E-state index in [2.05, 4.69) is 5.32 Å². The van der Waals surface area contributed by atoms with Crippen molar-refractivity contribution < 1.29 is 18.0 Å². The van der Waals surface area contributed by atoms with Crippen molar-refractivity contribution >= 4 is 27.3 Å². The van der Waals surface area contributed by atoms with E-state index >= 15 is 0 Å². The van der Waals surface area contributed by atoms with Crippen molar-refractivity contribution in [2.75, 3.05) is 5.32 Å². The van der Waals surface area contributed by atoms with Crippen molar-refractivity contribution in [2.45, 2.75) is 55.6 Å². The van der Waals surface area contributed by atoms with E-state index in [-0.39, 0.29) is 11.3 Å². The number of hydrogen-bond acceptors (Lipinski definition) is 4. The van der Waals surface area contributed by atoms with Crippen LogP contribution in [0.5, 0.6) is 0 Å². The minimum absolute atomic E-state index is 0.110. The molecule has 7 heteroatoms. The van der Waals surface area contributed by atoms with Gasteiger partial charge in [-0.2, -0.15) is 0 Å². The van der Waals surface area contributed by atoms with Crippen molar-refractivity contribution in [3.8, 4) is 0 Å². The van der Waals surface area contributed by atoms with Crippen molar-refractivity contribution in [1.82, 2.24) is 0 Å². The Morgan fingerprint density at radius 3 is 2.24 bits per heavy atom. The molecule has 3 rings (SSSR count). The van der Waals surface area contributed by atoms with Crippen LogP contribution in [0.25, 0.3) is 0 Å². The Balaban J connectivity index is 1.93. The maximum absolute atomic E-state index is 13.6. The highest BCUT2D eigenvalue weighted by molar-refractivity contribution is 7.93. The normalized spacial score (nSPS) is 15.8. The van der Waals surface area contributed by atoms with Gasteiger partial charge in [-0.3, -0.25) is 9.59 Å². The van der Waals surface area contributed by atoms with Gasteiger partial charge in [0.15, 0.2) is 14.6 Å². The average molecular weight is 415 g/mol. The van der Waals surface area contributed by atoms with Crippen LogP contribution in [-0.2, 0) is 25.8 Å². The van der Waals surface area contributed by atoms with Gasteiger partial charge in [0.2, 0.25) is 11.8 Å². The molecule has 2 amide bonds. The molecule has 3 N–H and O–H groups in total. The molecule has 1 aliphatic rings. The van der Waals surface area contributed by atoms with Gasteiger partial charge < -0.3 is 11.1 Å². The number of sulfone groups is 1. The first-order chi connectivity index (χ1) is 13.7. The van der Waals surface area contributed by atoms with Crippen molar-refractivity contribution in [2.24, 2.45) is 5.73 Å². The molecular weight excluding hydrogens is 388 g/mol. The Morgan fingerprint density at radius 2 is 1.66 bits per heavy atom. The number of aryl methyl sites for hydroxylation is 2. The monoisotopic (exact) mass is 414 g/mol. The number of anilines is 1. The molecule has 0 heterocycles. The molecule has 154 valence electrons. The molecule has 0 unspecified atom stereocenters. The zero-order valence-corrected chi connectivity index (χ0v) is 17.5. The Labute approximate surface area is 171 Å². The number of primary amides is 1. The zero-order valence-electron chi connectivity index (χ0n) is 16.7. The summed E-state index contributed by atoms with van der Waals surface area (Å²) in [4.78, 5) is 24.5. The van der Waals surface area contributed by atoms with E-state index in [1.165, 1.54) is 0 Å². The molecule has 29 heavy (non-hydrogen) atoms. The highest BCUT2D eigenvalue weighted by atomic mass is 32.2. The standard InChI is InChI=1S/C22H26N2O4S/c1-15-5-6-16(2)19(13-15)29(27,28)22(11-3-4-12-22)21(26)24-18-9-7-17(8-10-18)14-20(23)25/h5-10,13H,3-4,11-12,14H2,1-2H3,(H2,23,25)(H,24,26). The second-order valence-corrected chi connectivity index (χ2v) is 10.00. The summed E-state index contributed by atoms with van der Waals surface area (Å²) in [6.45, 7) is 3.60. The van der Waals surface area contributed by atoms with Crippen LogP contribution in [0.4, 0.5) is 5.69 Å². The molecule has 1 aliphatic carbocycles. The van der Waals surface area contributed by atoms with Gasteiger partial charge in [0.05, 0.1) is 11.3 Å². The Kier molecular flexibility index (Phi) is 5.80. The van der Waals surface area contributed by atoms with Crippen LogP contribution < -0.4 is 11.1 Å². The topological polar surface area (TPSA) is 106 Å². The number of hydrogen-bond donors (Lipinski definition) is 2. The predicted molar refractivity (Wildman–Crippen MR) is 112 cm³/mol. The van der Waals surface area contributed by atoms with Gasteiger partial charge >= 0.3 is 0 Å². The first kappa shape index (κ1) is 21.0. The summed E-state index contributed by atoms with van der Waals surface area (Å²) < 4.78 is 25.8. The van der Waals surface area contributed by atoms with E-state index in [4.69, 9.17) is 5.73 Å². The second-order valence-electron chi connectivity index (χ2n) is 7.77. The number of carbonyl (C=O) groups excluding carboxylic acids is 2. The zero-order chi connectivity index (χ0) is 21.2. The lowest BCUT2D eigenvalue weighted by Gasteiger charge is -2.28. The van der Waals surface area contributed by atoms with Crippen molar-refractivity contribution in [1.29, 1.82) is 0 Å². The van der Waals surface area contributed by atoms with Gasteiger partial charge in [-0.05, 0) is 61.6 Å². The summed E-state index contributed by atoms with van der Waals surface area (Å²) in [5, 5.41) is 2.78. The van der Waals surface area contributed by atoms with Crippen molar-refractivity contribution in [3.05, 3.63) is 59.2 Å². The summed E-state index contributed by atoms with van der Waals surface area (Å²) in [5.41, 5.74) is 7.90. The largest absolute Gasteiger partial charge is 0.369 e. The maximum atomic E-state index is 13.6. The summed E-state index contributed by atoms with van der Waals surface area (Å²) in [6.07, 6.45) is 2.09. The summed E-state index contributed by atoms with van der Waals surface area (Å²) in [7, 11) is -3.87. The third kappa shape index (κ3) is 4.05. The Hall–Kier alpha value is -2.67. The average Bonchev–Trinajstić information content (AvgIpc) is 3.16. The molecule has 0 radical (unpaired) electrons. The lowest BCUT2D eigenvalue weighted by atomic mass is 10.1. The van der Waals surface area contributed by atoms with Crippen LogP contribution in [0.2, 0.25) is 0 Å². The SMILES string of the molecule is Cc1ccc(C)c(S(=O)(=O)C2(C(=O)Nc3ccc(CC(N)=O)cc3)CCCC2)c1. The van der Waals surface area contributed by atoms with Crippen LogP contribution >= 0.6 is 0 Å². The highest BCUT2D eigenvalue weighted by Gasteiger charge is 2.53. The first-order valence-electron chi connectivity index (χ1n) is 9.66. The molecule has 0 spiro atoms. The molecule has 0 aliphatic heterocycles. The molecule has 0 bridgehead atoms. The molecule has 0 aromatic heterocycles. The Bertz CT molecular complexity index is 1040. The second kappa shape index (κ2) is 7.99. The first-order valence-corrected chi connectivity index (χ1v) is 11.1. The van der Waals surface area contributed by atoms with Crippen LogP contribution in [0.15, 0.2) is 47.4 Å². The number of rotatable bonds is 6. The van der Waals surface area contributed by atoms with E-state index in [1.807, 2.05) is 13.0 Å². The van der Waals surface area contributed by atoms with Gasteiger partial charge in [-0.25, -0.2) is 8.42 Å². The number of nitrogens with two attached hydrogens (primary N) is 1. The van der Waals surface area contributed by atoms with Gasteiger partial charge in [0, 0.05) is 5.69 Å². The number of amides is 2. The lowest BCUT2D eigenvalue weighted by molar-refractivity contribution is -0.119. The van der Waals surface area contributed by atoms with Crippen LogP contribution in [0.1, 0.15) is 42.4 Å². The quantitative estimate of drug-likeness (QED) is 0.757. The fourth-order valence-electron chi connectivity index (χ4n) is 3.92. The molecule has 0 atom stereocenters. The number of nitrogens with one attached hydrogen (secondary N) is 1. The van der Waals surface area contributed by atoms with E-state index in [1.54, 1.807) is 43.3 Å². The molecule has 6 nitrogen and oxygen atoms in total. The molecule has 1 fully saturated rings. The third-order valence-electron chi connectivity index (χ3n) is 5.56. The molecule has 0 saturated heterocycles. The van der Waals surface area contributed by atoms with Gasteiger partial charge in [0.1, 0.15) is 0 Å². The third-order valence-corrected chi connectivity index (χ3v) is 8.20. The molecule has 2 aromatic rings. The fourth-order valence-corrected chi connectivity index (χ4v) is 6.30. The minimum atomic E-state index is -3.87. The van der Waals surface area contributed by atoms with E-state index in [0.717, 1.165) is 11.1 Å². The molecular formula is C22H26N2O4S. The summed E-state index contributed by atoms with van der Waals surface area (Å²) >= 11 is 0. The highest BCUT2D eigenvalue weighted by Crippen LogP contribution is 2.42. The number of benzene rings is 2. The smallest absolute Gasteiger partial charge is 0.246 e. The lowest BCUT2D eigenvalue weighted by Crippen LogP contribution is -2.47. The van der Waals surface area contributed by atoms with Gasteiger partial charge in [-0.15, -0.1) is 0 Å². The summed E-state index contributed by atoms with van der Waals surface area (Å²) in [6, 6.07) is 12.0. The molecule has 2 aromatic carbocycles. The Morgan fingerprint density at radius 1 is 1.03 bits per heavy atom. The van der Waals surface area contributed by atoms with E-state index in [9.17, 15) is 18.0 Å². The van der Waals surface area contributed by atoms with Crippen LogP contribution in [-0.4, -0.2) is 25.0 Å². The van der Waals surface area contributed by atoms with E-state index in [0.29, 0.717) is 36.9 Å². The van der Waals surface area contributed by atoms with Crippen LogP contribution in [0, 0.1) is 13.8 Å². The molecule has 1 saturated carbocycles. The van der Waals surface area contributed by atoms with Gasteiger partial charge in [0.25, 0.3) is 0 Å². The fraction of sp³-hybridized carbons (Fsp3) is 0.364. The summed E-state index contributed by atoms with van der Waals surface area (Å²) in [5.74, 6) is -0.940. The van der Waals surface area contributed by atoms with E-state index < -0.39 is 26.4 Å². The van der Waals surface area contributed by atoms with Crippen molar-refractivity contribution in [3.63, 3.8) is 0 Å². The predicted octanol–water partition coefficient (Wildman–Crippen LogP) is 3.06. The van der Waals surface area contributed by atoms with Gasteiger partial charge in [-0.1, -0.05) is 37.1 Å². The van der Waals surface area contributed by atoms with Crippen LogP contribution in [0.3, 0.4) is 0 Å².